The number of hydrogen-bond acceptors (Lipinski definition) is 6. The summed E-state index contributed by atoms with van der Waals surface area (Å²) in [5.41, 5.74) is 3.64. The Morgan fingerprint density at radius 1 is 1.23 bits per heavy atom. The molecule has 2 heterocycles. The number of nitro groups is 1. The van der Waals surface area contributed by atoms with E-state index in [4.69, 9.17) is 14.6 Å². The van der Waals surface area contributed by atoms with Crippen LogP contribution in [0.25, 0.3) is 0 Å². The minimum atomic E-state index is -0.405. The van der Waals surface area contributed by atoms with E-state index in [1.807, 2.05) is 19.1 Å². The van der Waals surface area contributed by atoms with Gasteiger partial charge in [0.1, 0.15) is 0 Å². The Labute approximate surface area is 178 Å². The largest absolute Gasteiger partial charge is 0.454 e. The molecule has 9 heteroatoms. The highest BCUT2D eigenvalue weighted by atomic mass is 16.7. The summed E-state index contributed by atoms with van der Waals surface area (Å²) in [7, 11) is 0. The predicted octanol–water partition coefficient (Wildman–Crippen LogP) is 3.50. The van der Waals surface area contributed by atoms with Crippen LogP contribution >= 0.6 is 0 Å². The molecular formula is C22H22N4O5. The first kappa shape index (κ1) is 19.3. The summed E-state index contributed by atoms with van der Waals surface area (Å²) < 4.78 is 11.1. The number of nitrogens with one attached hydrogen (secondary N) is 1. The van der Waals surface area contributed by atoms with Gasteiger partial charge in [0.2, 0.25) is 6.79 Å². The Kier molecular flexibility index (Phi) is 4.53. The molecule has 1 saturated carbocycles. The van der Waals surface area contributed by atoms with Crippen LogP contribution in [-0.4, -0.2) is 40.6 Å². The smallest absolute Gasteiger partial charge is 0.338 e. The van der Waals surface area contributed by atoms with Crippen LogP contribution in [0.4, 0.5) is 10.5 Å². The first-order valence-electron chi connectivity index (χ1n) is 10.3. The Hall–Kier alpha value is -3.62. The molecule has 9 nitrogen and oxygen atoms in total. The second-order valence-corrected chi connectivity index (χ2v) is 8.19. The van der Waals surface area contributed by atoms with Gasteiger partial charge in [0.05, 0.1) is 16.7 Å². The molecule has 2 aliphatic heterocycles. The molecule has 2 aromatic rings. The summed E-state index contributed by atoms with van der Waals surface area (Å²) in [6.07, 6.45) is 2.55. The quantitative estimate of drug-likeness (QED) is 0.602. The number of fused-ring (bicyclic) bond motifs is 2. The van der Waals surface area contributed by atoms with E-state index in [1.54, 1.807) is 19.1 Å². The van der Waals surface area contributed by atoms with Crippen LogP contribution in [0, 0.1) is 17.0 Å². The zero-order valence-electron chi connectivity index (χ0n) is 17.3. The first-order valence-corrected chi connectivity index (χ1v) is 10.3. The highest BCUT2D eigenvalue weighted by Crippen LogP contribution is 2.38. The average molecular weight is 422 g/mol. The molecule has 0 aromatic heterocycles. The second kappa shape index (κ2) is 7.26. The molecule has 1 N–H and O–H groups in total. The Bertz CT molecular complexity index is 1130. The number of nitro benzene ring substituents is 1. The SMILES string of the molecule is Cc1cc(C2=NN(C(=O)NC3CC3)C(C)Cc3cc4c(cc32)OCO4)ccc1[N+](=O)[O-]. The van der Waals surface area contributed by atoms with Crippen LogP contribution in [0.2, 0.25) is 0 Å². The number of urea groups is 1. The number of ether oxygens (including phenoxy) is 2. The number of carbonyl (C=O) groups is 1. The normalized spacial score (nSPS) is 19.4. The topological polar surface area (TPSA) is 106 Å². The summed E-state index contributed by atoms with van der Waals surface area (Å²) >= 11 is 0. The van der Waals surface area contributed by atoms with E-state index in [0.717, 1.165) is 24.0 Å². The summed E-state index contributed by atoms with van der Waals surface area (Å²) in [6.45, 7) is 3.81. The maximum absolute atomic E-state index is 12.9. The molecule has 1 atom stereocenters. The number of benzene rings is 2. The van der Waals surface area contributed by atoms with Gasteiger partial charge in [-0.2, -0.15) is 5.10 Å². The van der Waals surface area contributed by atoms with Gasteiger partial charge in [-0.25, -0.2) is 9.80 Å². The third kappa shape index (κ3) is 3.56. The number of amides is 2. The van der Waals surface area contributed by atoms with Crippen molar-refractivity contribution in [3.05, 3.63) is 62.7 Å². The van der Waals surface area contributed by atoms with E-state index in [1.165, 1.54) is 11.1 Å². The Balaban J connectivity index is 1.64. The van der Waals surface area contributed by atoms with Crippen LogP contribution < -0.4 is 14.8 Å². The lowest BCUT2D eigenvalue weighted by Gasteiger charge is -2.23. The van der Waals surface area contributed by atoms with E-state index >= 15 is 0 Å². The van der Waals surface area contributed by atoms with Gasteiger partial charge in [-0.3, -0.25) is 10.1 Å². The minimum Gasteiger partial charge on any atom is -0.454 e. The van der Waals surface area contributed by atoms with Crippen molar-refractivity contribution >= 4 is 17.4 Å². The molecule has 2 aromatic carbocycles. The van der Waals surface area contributed by atoms with Crippen molar-refractivity contribution in [2.24, 2.45) is 5.10 Å². The molecule has 2 amide bonds. The average Bonchev–Trinajstić information content (AvgIpc) is 3.44. The third-order valence-corrected chi connectivity index (χ3v) is 5.77. The number of aryl methyl sites for hydroxylation is 1. The number of hydrogen-bond donors (Lipinski definition) is 1. The summed E-state index contributed by atoms with van der Waals surface area (Å²) in [6, 6.07) is 8.48. The van der Waals surface area contributed by atoms with Crippen molar-refractivity contribution in [3.8, 4) is 11.5 Å². The first-order chi connectivity index (χ1) is 14.9. The van der Waals surface area contributed by atoms with Crippen molar-refractivity contribution in [1.29, 1.82) is 0 Å². The van der Waals surface area contributed by atoms with Crippen LogP contribution in [0.15, 0.2) is 35.4 Å². The fourth-order valence-electron chi connectivity index (χ4n) is 3.97. The maximum Gasteiger partial charge on any atom is 0.338 e. The molecule has 1 fully saturated rings. The molecular weight excluding hydrogens is 400 g/mol. The predicted molar refractivity (Wildman–Crippen MR) is 113 cm³/mol. The highest BCUT2D eigenvalue weighted by molar-refractivity contribution is 6.14. The zero-order valence-corrected chi connectivity index (χ0v) is 17.3. The van der Waals surface area contributed by atoms with Crippen LogP contribution in [0.5, 0.6) is 11.5 Å². The zero-order chi connectivity index (χ0) is 21.7. The molecule has 0 spiro atoms. The fourth-order valence-corrected chi connectivity index (χ4v) is 3.97. The minimum absolute atomic E-state index is 0.0422. The van der Waals surface area contributed by atoms with Crippen molar-refractivity contribution in [2.45, 2.75) is 45.2 Å². The van der Waals surface area contributed by atoms with Gasteiger partial charge in [-0.05, 0) is 62.9 Å². The van der Waals surface area contributed by atoms with Gasteiger partial charge >= 0.3 is 6.03 Å². The molecule has 0 bridgehead atoms. The summed E-state index contributed by atoms with van der Waals surface area (Å²) in [4.78, 5) is 23.8. The number of rotatable bonds is 3. The number of carbonyl (C=O) groups excluding carboxylic acids is 1. The van der Waals surface area contributed by atoms with Crippen LogP contribution in [0.3, 0.4) is 0 Å². The van der Waals surface area contributed by atoms with Crippen molar-refractivity contribution in [1.82, 2.24) is 10.3 Å². The van der Waals surface area contributed by atoms with Gasteiger partial charge in [-0.1, -0.05) is 0 Å². The van der Waals surface area contributed by atoms with Crippen LogP contribution in [0.1, 0.15) is 42.0 Å². The van der Waals surface area contributed by atoms with Gasteiger partial charge in [0.15, 0.2) is 11.5 Å². The lowest BCUT2D eigenvalue weighted by atomic mass is 9.93. The van der Waals surface area contributed by atoms with E-state index in [0.29, 0.717) is 34.8 Å². The Morgan fingerprint density at radius 3 is 2.65 bits per heavy atom. The molecule has 1 aliphatic carbocycles. The van der Waals surface area contributed by atoms with E-state index in [2.05, 4.69) is 5.32 Å². The number of hydrazone groups is 1. The van der Waals surface area contributed by atoms with Crippen molar-refractivity contribution in [2.75, 3.05) is 6.79 Å². The van der Waals surface area contributed by atoms with Crippen molar-refractivity contribution in [3.63, 3.8) is 0 Å². The van der Waals surface area contributed by atoms with E-state index < -0.39 is 4.92 Å². The molecule has 0 saturated heterocycles. The monoisotopic (exact) mass is 422 g/mol. The van der Waals surface area contributed by atoms with Gasteiger partial charge in [0.25, 0.3) is 5.69 Å². The highest BCUT2D eigenvalue weighted by Gasteiger charge is 2.32. The van der Waals surface area contributed by atoms with E-state index in [9.17, 15) is 14.9 Å². The molecule has 31 heavy (non-hydrogen) atoms. The molecule has 0 radical (unpaired) electrons. The second-order valence-electron chi connectivity index (χ2n) is 8.19. The molecule has 3 aliphatic rings. The van der Waals surface area contributed by atoms with Crippen LogP contribution in [-0.2, 0) is 6.42 Å². The summed E-state index contributed by atoms with van der Waals surface area (Å²) in [5.74, 6) is 1.29. The number of nitrogens with zero attached hydrogens (tertiary/aromatic N) is 3. The lowest BCUT2D eigenvalue weighted by Crippen LogP contribution is -2.43. The van der Waals surface area contributed by atoms with Crippen molar-refractivity contribution < 1.29 is 19.2 Å². The molecule has 160 valence electrons. The summed E-state index contributed by atoms with van der Waals surface area (Å²) in [5, 5.41) is 20.5. The molecule has 1 unspecified atom stereocenters. The fraction of sp³-hybridized carbons (Fsp3) is 0.364. The maximum atomic E-state index is 12.9. The van der Waals surface area contributed by atoms with Gasteiger partial charge in [0, 0.05) is 28.8 Å². The van der Waals surface area contributed by atoms with Gasteiger partial charge < -0.3 is 14.8 Å². The van der Waals surface area contributed by atoms with Gasteiger partial charge in [-0.15, -0.1) is 0 Å². The third-order valence-electron chi connectivity index (χ3n) is 5.77. The van der Waals surface area contributed by atoms with E-state index in [-0.39, 0.29) is 30.6 Å². The standard InChI is InChI=1S/C22H22N4O5/c1-12-7-14(3-6-18(12)26(28)29)21-17-10-20-19(30-11-31-20)9-15(17)8-13(2)25(24-21)22(27)23-16-4-5-16/h3,6-7,9-10,13,16H,4-5,8,11H2,1-2H3,(H,23,27). The lowest BCUT2D eigenvalue weighted by molar-refractivity contribution is -0.385. The Morgan fingerprint density at radius 2 is 1.97 bits per heavy atom. The molecule has 5 rings (SSSR count).